The molecule has 0 spiro atoms. The predicted octanol–water partition coefficient (Wildman–Crippen LogP) is 2.84. The van der Waals surface area contributed by atoms with E-state index in [-0.39, 0.29) is 24.0 Å². The summed E-state index contributed by atoms with van der Waals surface area (Å²) in [7, 11) is 0. The number of fused-ring (bicyclic) bond motifs is 1. The lowest BCUT2D eigenvalue weighted by atomic mass is 9.99. The summed E-state index contributed by atoms with van der Waals surface area (Å²) in [5, 5.41) is 9.84. The van der Waals surface area contributed by atoms with Crippen LogP contribution in [0.3, 0.4) is 0 Å². The minimum Gasteiger partial charge on any atom is -0.367 e. The molecule has 8 heteroatoms. The number of nitrogens with zero attached hydrogens (tertiary/aromatic N) is 2. The number of amides is 2. The van der Waals surface area contributed by atoms with Crippen molar-refractivity contribution >= 4 is 34.8 Å². The van der Waals surface area contributed by atoms with Gasteiger partial charge in [-0.2, -0.15) is 11.3 Å². The summed E-state index contributed by atoms with van der Waals surface area (Å²) >= 11 is 7.94. The molecular formula is C21H21ClN4O2S. The average Bonchev–Trinajstić information content (AvgIpc) is 3.38. The molecule has 150 valence electrons. The molecule has 1 aromatic carbocycles. The summed E-state index contributed by atoms with van der Waals surface area (Å²) in [5.41, 5.74) is 6.98. The van der Waals surface area contributed by atoms with E-state index in [9.17, 15) is 9.59 Å². The third kappa shape index (κ3) is 3.43. The fourth-order valence-corrected chi connectivity index (χ4v) is 5.21. The monoisotopic (exact) mass is 428 g/mol. The van der Waals surface area contributed by atoms with Crippen molar-refractivity contribution in [1.82, 2.24) is 20.7 Å². The smallest absolute Gasteiger partial charge is 0.269 e. The molecule has 1 fully saturated rings. The maximum absolute atomic E-state index is 13.2. The van der Waals surface area contributed by atoms with E-state index < -0.39 is 0 Å². The summed E-state index contributed by atoms with van der Waals surface area (Å²) in [5.74, 6) is 0.0135. The number of hydrazine groups is 1. The predicted molar refractivity (Wildman–Crippen MR) is 112 cm³/mol. The number of carbonyl (C=O) groups excluding carboxylic acids is 2. The molecule has 0 saturated carbocycles. The quantitative estimate of drug-likeness (QED) is 0.789. The molecule has 6 nitrogen and oxygen atoms in total. The first-order valence-electron chi connectivity index (χ1n) is 9.71. The molecule has 3 aliphatic rings. The van der Waals surface area contributed by atoms with Gasteiger partial charge in [0.15, 0.2) is 0 Å². The van der Waals surface area contributed by atoms with E-state index in [1.54, 1.807) is 21.2 Å². The summed E-state index contributed by atoms with van der Waals surface area (Å²) in [4.78, 5) is 27.7. The van der Waals surface area contributed by atoms with Gasteiger partial charge in [0.2, 0.25) is 5.91 Å². The zero-order chi connectivity index (χ0) is 20.0. The van der Waals surface area contributed by atoms with Crippen LogP contribution in [0.5, 0.6) is 0 Å². The zero-order valence-electron chi connectivity index (χ0n) is 15.7. The van der Waals surface area contributed by atoms with Gasteiger partial charge in [-0.25, -0.2) is 5.43 Å². The van der Waals surface area contributed by atoms with Crippen molar-refractivity contribution in [3.63, 3.8) is 0 Å². The molecule has 0 bridgehead atoms. The third-order valence-corrected chi connectivity index (χ3v) is 6.87. The average molecular weight is 429 g/mol. The molecule has 2 N–H and O–H groups in total. The van der Waals surface area contributed by atoms with Gasteiger partial charge in [-0.1, -0.05) is 29.8 Å². The first-order valence-corrected chi connectivity index (χ1v) is 11.0. The highest BCUT2D eigenvalue weighted by Crippen LogP contribution is 2.35. The normalized spacial score (nSPS) is 23.7. The Morgan fingerprint density at radius 3 is 2.93 bits per heavy atom. The maximum Gasteiger partial charge on any atom is 0.269 e. The molecule has 0 aliphatic carbocycles. The molecule has 2 amide bonds. The van der Waals surface area contributed by atoms with E-state index in [1.807, 2.05) is 41.1 Å². The number of benzene rings is 1. The van der Waals surface area contributed by atoms with Crippen LogP contribution < -0.4 is 10.7 Å². The molecule has 0 radical (unpaired) electrons. The molecule has 29 heavy (non-hydrogen) atoms. The summed E-state index contributed by atoms with van der Waals surface area (Å²) < 4.78 is 0. The molecule has 3 aliphatic heterocycles. The summed E-state index contributed by atoms with van der Waals surface area (Å²) in [6.45, 7) is 0.988. The van der Waals surface area contributed by atoms with Gasteiger partial charge in [-0.05, 0) is 34.0 Å². The van der Waals surface area contributed by atoms with Crippen LogP contribution in [0.15, 0.2) is 52.4 Å². The minimum atomic E-state index is -0.101. The Morgan fingerprint density at radius 2 is 2.14 bits per heavy atom. The second-order valence-electron chi connectivity index (χ2n) is 7.60. The van der Waals surface area contributed by atoms with Gasteiger partial charge in [0.1, 0.15) is 6.17 Å². The molecule has 2 atom stereocenters. The van der Waals surface area contributed by atoms with Gasteiger partial charge in [-0.3, -0.25) is 14.6 Å². The van der Waals surface area contributed by atoms with Gasteiger partial charge < -0.3 is 10.2 Å². The standard InChI is InChI=1S/C21H21ClN4O2S/c22-16-4-2-1-3-14(16)18-10-19-23-17-5-7-25(11-15(17)21(28)26(19)24-18)20(27)9-13-6-8-29-12-13/h1-4,6,8,12,18-19,23-24H,5,7,9-11H2. The van der Waals surface area contributed by atoms with Crippen LogP contribution >= 0.6 is 22.9 Å². The molecule has 1 aromatic heterocycles. The van der Waals surface area contributed by atoms with E-state index in [0.717, 1.165) is 23.2 Å². The first kappa shape index (κ1) is 18.7. The van der Waals surface area contributed by atoms with Gasteiger partial charge in [0.05, 0.1) is 24.6 Å². The second kappa shape index (κ2) is 7.48. The highest BCUT2D eigenvalue weighted by atomic mass is 35.5. The van der Waals surface area contributed by atoms with Crippen LogP contribution in [0.25, 0.3) is 0 Å². The van der Waals surface area contributed by atoms with Crippen LogP contribution in [0.1, 0.15) is 30.0 Å². The van der Waals surface area contributed by atoms with Crippen molar-refractivity contribution in [3.8, 4) is 0 Å². The Balaban J connectivity index is 1.30. The lowest BCUT2D eigenvalue weighted by Crippen LogP contribution is -2.57. The first-order chi connectivity index (χ1) is 14.1. The SMILES string of the molecule is O=C(Cc1ccsc1)N1CCC2=C(C1)C(=O)N1NC(c3ccccc3Cl)CC1N2. The largest absolute Gasteiger partial charge is 0.367 e. The van der Waals surface area contributed by atoms with Crippen molar-refractivity contribution in [2.45, 2.75) is 31.5 Å². The lowest BCUT2D eigenvalue weighted by molar-refractivity contribution is -0.135. The van der Waals surface area contributed by atoms with Crippen molar-refractivity contribution < 1.29 is 9.59 Å². The van der Waals surface area contributed by atoms with Crippen LogP contribution in [0, 0.1) is 0 Å². The molecular weight excluding hydrogens is 408 g/mol. The van der Waals surface area contributed by atoms with Crippen LogP contribution in [-0.2, 0) is 16.0 Å². The number of halogens is 1. The van der Waals surface area contributed by atoms with E-state index in [2.05, 4.69) is 10.7 Å². The number of hydrogen-bond acceptors (Lipinski definition) is 5. The molecule has 5 rings (SSSR count). The topological polar surface area (TPSA) is 64.7 Å². The number of thiophene rings is 1. The van der Waals surface area contributed by atoms with Crippen LogP contribution in [0.2, 0.25) is 5.02 Å². The van der Waals surface area contributed by atoms with E-state index in [4.69, 9.17) is 11.6 Å². The van der Waals surface area contributed by atoms with Crippen LogP contribution in [0.4, 0.5) is 0 Å². The molecule has 4 heterocycles. The lowest BCUT2D eigenvalue weighted by Gasteiger charge is -2.39. The maximum atomic E-state index is 13.2. The van der Waals surface area contributed by atoms with Crippen molar-refractivity contribution in [1.29, 1.82) is 0 Å². The number of rotatable bonds is 3. The minimum absolute atomic E-state index is 0.0252. The Hall–Kier alpha value is -2.35. The van der Waals surface area contributed by atoms with Crippen molar-refractivity contribution in [2.75, 3.05) is 13.1 Å². The molecule has 2 aromatic rings. The van der Waals surface area contributed by atoms with Crippen molar-refractivity contribution in [2.24, 2.45) is 0 Å². The van der Waals surface area contributed by atoms with E-state index >= 15 is 0 Å². The fraction of sp³-hybridized carbons (Fsp3) is 0.333. The van der Waals surface area contributed by atoms with Crippen molar-refractivity contribution in [3.05, 3.63) is 68.5 Å². The zero-order valence-corrected chi connectivity index (χ0v) is 17.3. The highest BCUT2D eigenvalue weighted by molar-refractivity contribution is 7.08. The number of hydrogen-bond donors (Lipinski definition) is 2. The fourth-order valence-electron chi connectivity index (χ4n) is 4.28. The number of carbonyl (C=O) groups is 2. The van der Waals surface area contributed by atoms with Gasteiger partial charge in [-0.15, -0.1) is 0 Å². The molecule has 1 saturated heterocycles. The van der Waals surface area contributed by atoms with Gasteiger partial charge >= 0.3 is 0 Å². The Morgan fingerprint density at radius 1 is 1.28 bits per heavy atom. The Labute approximate surface area is 178 Å². The summed E-state index contributed by atoms with van der Waals surface area (Å²) in [6.07, 6.45) is 1.70. The summed E-state index contributed by atoms with van der Waals surface area (Å²) in [6, 6.07) is 9.66. The highest BCUT2D eigenvalue weighted by Gasteiger charge is 2.43. The Kier molecular flexibility index (Phi) is 4.81. The van der Waals surface area contributed by atoms with Gasteiger partial charge in [0.25, 0.3) is 5.91 Å². The van der Waals surface area contributed by atoms with E-state index in [0.29, 0.717) is 36.5 Å². The number of nitrogens with one attached hydrogen (secondary N) is 2. The Bertz CT molecular complexity index is 990. The third-order valence-electron chi connectivity index (χ3n) is 5.80. The van der Waals surface area contributed by atoms with Gasteiger partial charge in [0, 0.05) is 30.1 Å². The van der Waals surface area contributed by atoms with Crippen LogP contribution in [-0.4, -0.2) is 41.0 Å². The second-order valence-corrected chi connectivity index (χ2v) is 8.79. The molecule has 2 unspecified atom stereocenters. The van der Waals surface area contributed by atoms with E-state index in [1.165, 1.54) is 0 Å².